The van der Waals surface area contributed by atoms with Crippen molar-refractivity contribution in [2.24, 2.45) is 0 Å². The average molecular weight is 380 g/mol. The summed E-state index contributed by atoms with van der Waals surface area (Å²) in [5.74, 6) is -0.901. The van der Waals surface area contributed by atoms with Crippen molar-refractivity contribution in [3.05, 3.63) is 65.2 Å². The Bertz CT molecular complexity index is 949. The fourth-order valence-corrected chi connectivity index (χ4v) is 3.16. The number of fused-ring (bicyclic) bond motifs is 1. The molecule has 0 radical (unpaired) electrons. The van der Waals surface area contributed by atoms with Gasteiger partial charge in [0.15, 0.2) is 0 Å². The molecule has 0 spiro atoms. The van der Waals surface area contributed by atoms with Gasteiger partial charge >= 0.3 is 5.97 Å². The van der Waals surface area contributed by atoms with Gasteiger partial charge < -0.3 is 14.7 Å². The van der Waals surface area contributed by atoms with E-state index in [0.29, 0.717) is 22.4 Å². The lowest BCUT2D eigenvalue weighted by atomic mass is 9.85. The standard InChI is InChI=1S/C21H20N2O5/c1-13(24)28-23(20(26)15-7-5-4-6-8-15)18-16-11-14(12-22)9-10-17(16)27-21(2,3)19(18)25/h4-11,18-19,25H,1-3H3/t18-,19+/m0/s1. The second-order valence-electron chi connectivity index (χ2n) is 7.04. The third-order valence-electron chi connectivity index (χ3n) is 4.54. The number of rotatable bonds is 2. The maximum absolute atomic E-state index is 13.1. The van der Waals surface area contributed by atoms with Crippen LogP contribution in [0.25, 0.3) is 0 Å². The van der Waals surface area contributed by atoms with Crippen LogP contribution in [0.1, 0.15) is 48.3 Å². The number of carbonyl (C=O) groups is 2. The molecule has 2 aromatic rings. The molecule has 0 unspecified atom stereocenters. The summed E-state index contributed by atoms with van der Waals surface area (Å²) < 4.78 is 5.86. The number of aliphatic hydroxyl groups is 1. The van der Waals surface area contributed by atoms with Crippen LogP contribution in [0, 0.1) is 11.3 Å². The van der Waals surface area contributed by atoms with Crippen molar-refractivity contribution < 1.29 is 24.3 Å². The van der Waals surface area contributed by atoms with Crippen molar-refractivity contribution in [2.75, 3.05) is 0 Å². The van der Waals surface area contributed by atoms with E-state index in [1.165, 1.54) is 13.0 Å². The summed E-state index contributed by atoms with van der Waals surface area (Å²) in [6.07, 6.45) is -1.22. The summed E-state index contributed by atoms with van der Waals surface area (Å²) in [6, 6.07) is 14.0. The average Bonchev–Trinajstić information content (AvgIpc) is 2.67. The molecule has 1 N–H and O–H groups in total. The first kappa shape index (κ1) is 19.4. The molecule has 1 aliphatic rings. The summed E-state index contributed by atoms with van der Waals surface area (Å²) in [7, 11) is 0. The van der Waals surface area contributed by atoms with Gasteiger partial charge in [0.1, 0.15) is 23.5 Å². The first-order chi connectivity index (χ1) is 13.2. The van der Waals surface area contributed by atoms with Gasteiger partial charge in [-0.05, 0) is 44.2 Å². The summed E-state index contributed by atoms with van der Waals surface area (Å²) in [5, 5.41) is 21.1. The van der Waals surface area contributed by atoms with Crippen LogP contribution in [0.2, 0.25) is 0 Å². The van der Waals surface area contributed by atoms with Crippen LogP contribution in [-0.4, -0.2) is 33.8 Å². The summed E-state index contributed by atoms with van der Waals surface area (Å²) in [6.45, 7) is 4.52. The van der Waals surface area contributed by atoms with Gasteiger partial charge in [-0.1, -0.05) is 18.2 Å². The number of amides is 1. The van der Waals surface area contributed by atoms with Crippen molar-refractivity contribution in [1.82, 2.24) is 5.06 Å². The minimum Gasteiger partial charge on any atom is -0.485 e. The van der Waals surface area contributed by atoms with E-state index in [2.05, 4.69) is 0 Å². The van der Waals surface area contributed by atoms with Crippen LogP contribution in [0.4, 0.5) is 0 Å². The highest BCUT2D eigenvalue weighted by molar-refractivity contribution is 5.94. The number of ether oxygens (including phenoxy) is 1. The number of nitriles is 1. The van der Waals surface area contributed by atoms with Crippen LogP contribution >= 0.6 is 0 Å². The van der Waals surface area contributed by atoms with E-state index in [9.17, 15) is 20.0 Å². The number of hydroxylamine groups is 2. The largest absolute Gasteiger partial charge is 0.485 e. The van der Waals surface area contributed by atoms with E-state index >= 15 is 0 Å². The van der Waals surface area contributed by atoms with E-state index in [-0.39, 0.29) is 0 Å². The fourth-order valence-electron chi connectivity index (χ4n) is 3.16. The molecule has 1 heterocycles. The zero-order valence-electron chi connectivity index (χ0n) is 15.7. The predicted octanol–water partition coefficient (Wildman–Crippen LogP) is 2.75. The van der Waals surface area contributed by atoms with E-state index in [0.717, 1.165) is 5.06 Å². The second kappa shape index (κ2) is 7.33. The number of carbonyl (C=O) groups excluding carboxylic acids is 2. The summed E-state index contributed by atoms with van der Waals surface area (Å²) in [5.41, 5.74) is -0.0647. The Hall–Kier alpha value is -3.37. The third-order valence-corrected chi connectivity index (χ3v) is 4.54. The molecule has 7 nitrogen and oxygen atoms in total. The molecular weight excluding hydrogens is 360 g/mol. The van der Waals surface area contributed by atoms with Gasteiger partial charge in [-0.15, -0.1) is 0 Å². The van der Waals surface area contributed by atoms with Gasteiger partial charge in [0.05, 0.1) is 11.6 Å². The molecule has 7 heteroatoms. The number of benzene rings is 2. The molecule has 2 aromatic carbocycles. The molecular formula is C21H20N2O5. The van der Waals surface area contributed by atoms with Gasteiger partial charge in [-0.2, -0.15) is 10.3 Å². The smallest absolute Gasteiger partial charge is 0.329 e. The molecule has 3 rings (SSSR count). The maximum atomic E-state index is 13.1. The molecule has 0 aliphatic carbocycles. The Kier molecular flexibility index (Phi) is 5.08. The van der Waals surface area contributed by atoms with Crippen molar-refractivity contribution in [2.45, 2.75) is 38.5 Å². The lowest BCUT2D eigenvalue weighted by Crippen LogP contribution is -2.55. The lowest BCUT2D eigenvalue weighted by Gasteiger charge is -2.44. The van der Waals surface area contributed by atoms with Gasteiger partial charge in [0, 0.05) is 18.1 Å². The Balaban J connectivity index is 2.16. The zero-order chi connectivity index (χ0) is 20.5. The monoisotopic (exact) mass is 380 g/mol. The van der Waals surface area contributed by atoms with Crippen molar-refractivity contribution in [3.63, 3.8) is 0 Å². The van der Waals surface area contributed by atoms with Gasteiger partial charge in [0.2, 0.25) is 0 Å². The minimum atomic E-state index is -1.22. The molecule has 2 atom stereocenters. The van der Waals surface area contributed by atoms with E-state index in [1.54, 1.807) is 56.3 Å². The van der Waals surface area contributed by atoms with Gasteiger partial charge in [0.25, 0.3) is 5.91 Å². The molecule has 0 fully saturated rings. The zero-order valence-corrected chi connectivity index (χ0v) is 15.7. The lowest BCUT2D eigenvalue weighted by molar-refractivity contribution is -0.205. The van der Waals surface area contributed by atoms with Gasteiger partial charge in [-0.3, -0.25) is 9.59 Å². The number of nitrogens with zero attached hydrogens (tertiary/aromatic N) is 2. The number of aliphatic hydroxyl groups excluding tert-OH is 1. The van der Waals surface area contributed by atoms with Crippen LogP contribution in [-0.2, 0) is 9.63 Å². The minimum absolute atomic E-state index is 0.290. The highest BCUT2D eigenvalue weighted by Crippen LogP contribution is 2.43. The molecule has 0 saturated carbocycles. The van der Waals surface area contributed by atoms with Crippen LogP contribution in [0.15, 0.2) is 48.5 Å². The van der Waals surface area contributed by atoms with Gasteiger partial charge in [-0.25, -0.2) is 0 Å². The maximum Gasteiger partial charge on any atom is 0.329 e. The van der Waals surface area contributed by atoms with Crippen LogP contribution in [0.3, 0.4) is 0 Å². The quantitative estimate of drug-likeness (QED) is 0.804. The van der Waals surface area contributed by atoms with Crippen LogP contribution < -0.4 is 4.74 Å². The van der Waals surface area contributed by atoms with E-state index < -0.39 is 29.6 Å². The third kappa shape index (κ3) is 3.55. The Morgan fingerprint density at radius 3 is 2.50 bits per heavy atom. The van der Waals surface area contributed by atoms with E-state index in [4.69, 9.17) is 9.57 Å². The van der Waals surface area contributed by atoms with Crippen molar-refractivity contribution in [1.29, 1.82) is 5.26 Å². The molecule has 144 valence electrons. The first-order valence-electron chi connectivity index (χ1n) is 8.73. The summed E-state index contributed by atoms with van der Waals surface area (Å²) in [4.78, 5) is 30.1. The molecule has 1 amide bonds. The Morgan fingerprint density at radius 1 is 1.21 bits per heavy atom. The topological polar surface area (TPSA) is 99.9 Å². The Labute approximate surface area is 162 Å². The summed E-state index contributed by atoms with van der Waals surface area (Å²) >= 11 is 0. The normalized spacial score (nSPS) is 19.5. The van der Waals surface area contributed by atoms with E-state index in [1.807, 2.05) is 6.07 Å². The predicted molar refractivity (Wildman–Crippen MR) is 99.0 cm³/mol. The molecule has 28 heavy (non-hydrogen) atoms. The molecule has 0 saturated heterocycles. The highest BCUT2D eigenvalue weighted by atomic mass is 16.7. The number of hydrogen-bond acceptors (Lipinski definition) is 6. The van der Waals surface area contributed by atoms with Crippen LogP contribution in [0.5, 0.6) is 5.75 Å². The first-order valence-corrected chi connectivity index (χ1v) is 8.73. The second-order valence-corrected chi connectivity index (χ2v) is 7.04. The SMILES string of the molecule is CC(=O)ON(C(=O)c1ccccc1)[C@H]1c2cc(C#N)ccc2OC(C)(C)[C@@H]1O. The number of hydrogen-bond donors (Lipinski definition) is 1. The molecule has 0 bridgehead atoms. The Morgan fingerprint density at radius 2 is 1.89 bits per heavy atom. The fraction of sp³-hybridized carbons (Fsp3) is 0.286. The highest BCUT2D eigenvalue weighted by Gasteiger charge is 2.48. The molecule has 1 aliphatic heterocycles. The van der Waals surface area contributed by atoms with Crippen molar-refractivity contribution >= 4 is 11.9 Å². The molecule has 0 aromatic heterocycles. The van der Waals surface area contributed by atoms with Crippen molar-refractivity contribution in [3.8, 4) is 11.8 Å².